The Bertz CT molecular complexity index is 1100. The molecule has 1 fully saturated rings. The minimum absolute atomic E-state index is 0.00627. The van der Waals surface area contributed by atoms with Crippen LogP contribution in [0.4, 0.5) is 18.9 Å². The van der Waals surface area contributed by atoms with Crippen LogP contribution in [0, 0.1) is 10.1 Å². The highest BCUT2D eigenvalue weighted by molar-refractivity contribution is 7.89. The molecule has 0 saturated carbocycles. The van der Waals surface area contributed by atoms with Crippen molar-refractivity contribution in [1.29, 1.82) is 0 Å². The van der Waals surface area contributed by atoms with Crippen LogP contribution in [0.25, 0.3) is 0 Å². The molecule has 1 aliphatic rings. The number of nitro groups is 1. The third kappa shape index (κ3) is 5.09. The summed E-state index contributed by atoms with van der Waals surface area (Å²) in [6.45, 7) is 1.84. The molecule has 0 aromatic heterocycles. The van der Waals surface area contributed by atoms with E-state index in [1.807, 2.05) is 0 Å². The van der Waals surface area contributed by atoms with Crippen molar-refractivity contribution in [2.75, 3.05) is 32.7 Å². The number of benzene rings is 2. The molecule has 1 saturated heterocycles. The summed E-state index contributed by atoms with van der Waals surface area (Å²) in [6.07, 6.45) is -4.54. The van der Waals surface area contributed by atoms with Crippen LogP contribution in [-0.4, -0.2) is 60.4 Å². The number of alkyl halides is 3. The van der Waals surface area contributed by atoms with Gasteiger partial charge in [0.25, 0.3) is 5.69 Å². The molecule has 174 valence electrons. The molecule has 0 aliphatic carbocycles. The first kappa shape index (κ1) is 24.1. The Morgan fingerprint density at radius 3 is 2.22 bits per heavy atom. The largest absolute Gasteiger partial charge is 0.416 e. The van der Waals surface area contributed by atoms with Gasteiger partial charge >= 0.3 is 6.18 Å². The van der Waals surface area contributed by atoms with Gasteiger partial charge in [-0.2, -0.15) is 17.5 Å². The number of piperazine rings is 1. The van der Waals surface area contributed by atoms with E-state index in [0.717, 1.165) is 22.5 Å². The Hall–Kier alpha value is -2.54. The van der Waals surface area contributed by atoms with Crippen molar-refractivity contribution in [2.24, 2.45) is 0 Å². The molecular weight excluding hydrogens is 451 g/mol. The smallest absolute Gasteiger partial charge is 0.384 e. The summed E-state index contributed by atoms with van der Waals surface area (Å²) in [5.41, 5.74) is -2.87. The Balaban J connectivity index is 1.71. The van der Waals surface area contributed by atoms with E-state index in [1.165, 1.54) is 37.3 Å². The van der Waals surface area contributed by atoms with E-state index < -0.39 is 42.9 Å². The minimum atomic E-state index is -4.54. The van der Waals surface area contributed by atoms with Crippen molar-refractivity contribution >= 4 is 15.7 Å². The van der Waals surface area contributed by atoms with Gasteiger partial charge in [0.2, 0.25) is 10.0 Å². The average molecular weight is 473 g/mol. The van der Waals surface area contributed by atoms with Crippen LogP contribution in [0.1, 0.15) is 18.1 Å². The van der Waals surface area contributed by atoms with Crippen molar-refractivity contribution in [3.05, 3.63) is 69.8 Å². The lowest BCUT2D eigenvalue weighted by Crippen LogP contribution is -2.51. The van der Waals surface area contributed by atoms with Crippen LogP contribution in [0.3, 0.4) is 0 Å². The molecular formula is C20H22F3N3O5S. The molecule has 1 aliphatic heterocycles. The van der Waals surface area contributed by atoms with Crippen molar-refractivity contribution in [3.8, 4) is 0 Å². The van der Waals surface area contributed by atoms with E-state index in [4.69, 9.17) is 0 Å². The second kappa shape index (κ2) is 8.77. The van der Waals surface area contributed by atoms with E-state index in [-0.39, 0.29) is 38.3 Å². The van der Waals surface area contributed by atoms with Gasteiger partial charge in [0.05, 0.1) is 16.1 Å². The molecule has 1 unspecified atom stereocenters. The molecule has 0 amide bonds. The lowest BCUT2D eigenvalue weighted by Gasteiger charge is -2.38. The first-order valence-corrected chi connectivity index (χ1v) is 11.1. The van der Waals surface area contributed by atoms with Crippen LogP contribution in [-0.2, 0) is 21.8 Å². The summed E-state index contributed by atoms with van der Waals surface area (Å²) in [4.78, 5) is 11.8. The van der Waals surface area contributed by atoms with Gasteiger partial charge in [-0.15, -0.1) is 0 Å². The maximum atomic E-state index is 13.0. The zero-order valence-corrected chi connectivity index (χ0v) is 17.9. The summed E-state index contributed by atoms with van der Waals surface area (Å²) in [5, 5.41) is 22.0. The van der Waals surface area contributed by atoms with Gasteiger partial charge in [0.15, 0.2) is 4.90 Å². The Morgan fingerprint density at radius 2 is 1.62 bits per heavy atom. The summed E-state index contributed by atoms with van der Waals surface area (Å²) < 4.78 is 65.9. The van der Waals surface area contributed by atoms with Crippen LogP contribution in [0.15, 0.2) is 53.4 Å². The average Bonchev–Trinajstić information content (AvgIpc) is 2.73. The molecule has 32 heavy (non-hydrogen) atoms. The van der Waals surface area contributed by atoms with Crippen LogP contribution in [0.2, 0.25) is 0 Å². The third-order valence-corrected chi connectivity index (χ3v) is 7.30. The number of nitrogens with zero attached hydrogens (tertiary/aromatic N) is 3. The number of nitro benzene ring substituents is 1. The Morgan fingerprint density at radius 1 is 1.03 bits per heavy atom. The number of hydrogen-bond donors (Lipinski definition) is 1. The third-order valence-electron chi connectivity index (χ3n) is 5.35. The maximum absolute atomic E-state index is 13.0. The zero-order valence-electron chi connectivity index (χ0n) is 17.1. The topological polar surface area (TPSA) is 104 Å². The monoisotopic (exact) mass is 473 g/mol. The molecule has 0 radical (unpaired) electrons. The number of sulfonamides is 1. The predicted molar refractivity (Wildman–Crippen MR) is 109 cm³/mol. The summed E-state index contributed by atoms with van der Waals surface area (Å²) in [5.74, 6) is 0. The molecule has 0 spiro atoms. The molecule has 2 aromatic carbocycles. The summed E-state index contributed by atoms with van der Waals surface area (Å²) in [6, 6.07) is 9.54. The Kier molecular flexibility index (Phi) is 6.61. The van der Waals surface area contributed by atoms with Gasteiger partial charge in [-0.05, 0) is 30.7 Å². The fraction of sp³-hybridized carbons (Fsp3) is 0.400. The van der Waals surface area contributed by atoms with Gasteiger partial charge in [-0.3, -0.25) is 15.0 Å². The highest BCUT2D eigenvalue weighted by Crippen LogP contribution is 2.33. The molecule has 8 nitrogen and oxygen atoms in total. The minimum Gasteiger partial charge on any atom is -0.384 e. The second-order valence-electron chi connectivity index (χ2n) is 7.76. The maximum Gasteiger partial charge on any atom is 0.416 e. The van der Waals surface area contributed by atoms with Gasteiger partial charge in [0.1, 0.15) is 0 Å². The second-order valence-corrected chi connectivity index (χ2v) is 9.66. The first-order valence-electron chi connectivity index (χ1n) is 9.68. The fourth-order valence-electron chi connectivity index (χ4n) is 3.65. The van der Waals surface area contributed by atoms with Crippen LogP contribution >= 0.6 is 0 Å². The standard InChI is InChI=1S/C20H22F3N3O5S/c1-19(27,15-5-4-6-16(13-15)20(21,22)23)14-24-9-11-25(12-10-24)32(30,31)18-8-3-2-7-17(18)26(28)29/h2-8,13,27H,9-12,14H2,1H3. The number of hydrogen-bond acceptors (Lipinski definition) is 6. The van der Waals surface area contributed by atoms with Gasteiger partial charge in [0, 0.05) is 38.8 Å². The number of rotatable bonds is 6. The lowest BCUT2D eigenvalue weighted by molar-refractivity contribution is -0.387. The molecule has 1 heterocycles. The van der Waals surface area contributed by atoms with Crippen LogP contribution < -0.4 is 0 Å². The number of aliphatic hydroxyl groups is 1. The van der Waals surface area contributed by atoms with E-state index in [9.17, 15) is 36.8 Å². The number of β-amino-alcohol motifs (C(OH)–C–C–N with tert-alkyl or cyclic N) is 1. The van der Waals surface area contributed by atoms with Crippen molar-refractivity contribution < 1.29 is 31.6 Å². The summed E-state index contributed by atoms with van der Waals surface area (Å²) >= 11 is 0. The van der Waals surface area contributed by atoms with Crippen molar-refractivity contribution in [3.63, 3.8) is 0 Å². The van der Waals surface area contributed by atoms with Gasteiger partial charge in [-0.1, -0.05) is 24.3 Å². The predicted octanol–water partition coefficient (Wildman–Crippen LogP) is 2.83. The zero-order chi connectivity index (χ0) is 23.7. The Labute approximate surface area is 183 Å². The first-order chi connectivity index (χ1) is 14.8. The molecule has 3 rings (SSSR count). The van der Waals surface area contributed by atoms with E-state index in [2.05, 4.69) is 0 Å². The van der Waals surface area contributed by atoms with Gasteiger partial charge in [-0.25, -0.2) is 8.42 Å². The lowest BCUT2D eigenvalue weighted by atomic mass is 9.93. The molecule has 0 bridgehead atoms. The summed E-state index contributed by atoms with van der Waals surface area (Å²) in [7, 11) is -4.10. The van der Waals surface area contributed by atoms with E-state index in [1.54, 1.807) is 4.90 Å². The van der Waals surface area contributed by atoms with E-state index in [0.29, 0.717) is 0 Å². The molecule has 1 atom stereocenters. The van der Waals surface area contributed by atoms with Gasteiger partial charge < -0.3 is 5.11 Å². The van der Waals surface area contributed by atoms with E-state index >= 15 is 0 Å². The number of para-hydroxylation sites is 1. The highest BCUT2D eigenvalue weighted by atomic mass is 32.2. The van der Waals surface area contributed by atoms with Crippen molar-refractivity contribution in [2.45, 2.75) is 23.6 Å². The molecule has 2 aromatic rings. The SMILES string of the molecule is CC(O)(CN1CCN(S(=O)(=O)c2ccccc2[N+](=O)[O-])CC1)c1cccc(C(F)(F)F)c1. The number of halogens is 3. The normalized spacial score (nSPS) is 18.3. The van der Waals surface area contributed by atoms with Crippen molar-refractivity contribution in [1.82, 2.24) is 9.21 Å². The quantitative estimate of drug-likeness (QED) is 0.511. The highest BCUT2D eigenvalue weighted by Gasteiger charge is 2.36. The molecule has 12 heteroatoms. The molecule has 1 N–H and O–H groups in total. The van der Waals surface area contributed by atoms with Crippen LogP contribution in [0.5, 0.6) is 0 Å². The fourth-order valence-corrected chi connectivity index (χ4v) is 5.23.